The first kappa shape index (κ1) is 12.5. The number of aromatic nitrogens is 3. The summed E-state index contributed by atoms with van der Waals surface area (Å²) in [4.78, 5) is 10.9. The molecule has 5 nitrogen and oxygen atoms in total. The van der Waals surface area contributed by atoms with Crippen LogP contribution in [-0.4, -0.2) is 22.1 Å². The lowest BCUT2D eigenvalue weighted by Crippen LogP contribution is -2.04. The highest BCUT2D eigenvalue weighted by Crippen LogP contribution is 2.12. The first-order chi connectivity index (χ1) is 8.67. The summed E-state index contributed by atoms with van der Waals surface area (Å²) in [5.41, 5.74) is 6.78. The van der Waals surface area contributed by atoms with E-state index in [-0.39, 0.29) is 4.77 Å². The van der Waals surface area contributed by atoms with Crippen molar-refractivity contribution in [3.8, 4) is 5.75 Å². The monoisotopic (exact) mass is 262 g/mol. The smallest absolute Gasteiger partial charge is 0.224 e. The predicted octanol–water partition coefficient (Wildman–Crippen LogP) is 1.91. The lowest BCUT2D eigenvalue weighted by molar-refractivity contribution is 0.414. The summed E-state index contributed by atoms with van der Waals surface area (Å²) in [6.45, 7) is 0. The maximum absolute atomic E-state index is 5.58. The third kappa shape index (κ3) is 3.27. The van der Waals surface area contributed by atoms with Crippen LogP contribution in [0, 0.1) is 4.77 Å². The van der Waals surface area contributed by atoms with Crippen LogP contribution >= 0.6 is 12.2 Å². The Morgan fingerprint density at radius 1 is 1.22 bits per heavy atom. The van der Waals surface area contributed by atoms with E-state index in [2.05, 4.69) is 15.0 Å². The Morgan fingerprint density at radius 2 is 1.94 bits per heavy atom. The van der Waals surface area contributed by atoms with Crippen LogP contribution in [0.2, 0.25) is 0 Å². The molecule has 94 valence electrons. The van der Waals surface area contributed by atoms with Crippen molar-refractivity contribution in [3.63, 3.8) is 0 Å². The number of aryl methyl sites for hydroxylation is 2. The molecule has 18 heavy (non-hydrogen) atoms. The second-order valence-corrected chi connectivity index (χ2v) is 4.18. The Hall–Kier alpha value is -1.95. The van der Waals surface area contributed by atoms with Gasteiger partial charge >= 0.3 is 0 Å². The van der Waals surface area contributed by atoms with Crippen molar-refractivity contribution in [2.75, 3.05) is 12.8 Å². The molecule has 0 radical (unpaired) electrons. The molecule has 0 saturated carbocycles. The molecule has 6 heteroatoms. The molecular weight excluding hydrogens is 248 g/mol. The maximum atomic E-state index is 5.58. The molecule has 0 aliphatic carbocycles. The van der Waals surface area contributed by atoms with Gasteiger partial charge in [0.1, 0.15) is 11.6 Å². The predicted molar refractivity (Wildman–Crippen MR) is 72.0 cm³/mol. The van der Waals surface area contributed by atoms with E-state index in [0.29, 0.717) is 5.95 Å². The lowest BCUT2D eigenvalue weighted by atomic mass is 10.1. The molecular formula is C12H14N4OS. The van der Waals surface area contributed by atoms with E-state index in [1.165, 1.54) is 5.56 Å². The van der Waals surface area contributed by atoms with Crippen molar-refractivity contribution >= 4 is 18.2 Å². The topological polar surface area (TPSA) is 76.8 Å². The van der Waals surface area contributed by atoms with Crippen molar-refractivity contribution in [1.82, 2.24) is 15.0 Å². The highest BCUT2D eigenvalue weighted by molar-refractivity contribution is 7.71. The minimum Gasteiger partial charge on any atom is -0.497 e. The summed E-state index contributed by atoms with van der Waals surface area (Å²) in [5, 5.41) is 0. The van der Waals surface area contributed by atoms with E-state index < -0.39 is 0 Å². The first-order valence-electron chi connectivity index (χ1n) is 5.53. The van der Waals surface area contributed by atoms with Crippen LogP contribution in [0.3, 0.4) is 0 Å². The third-order valence-electron chi connectivity index (χ3n) is 2.53. The van der Waals surface area contributed by atoms with Crippen molar-refractivity contribution in [2.24, 2.45) is 0 Å². The molecule has 0 aliphatic heterocycles. The van der Waals surface area contributed by atoms with Crippen molar-refractivity contribution in [2.45, 2.75) is 12.8 Å². The summed E-state index contributed by atoms with van der Waals surface area (Å²) >= 11 is 4.91. The van der Waals surface area contributed by atoms with E-state index in [9.17, 15) is 0 Å². The van der Waals surface area contributed by atoms with Crippen LogP contribution in [-0.2, 0) is 12.8 Å². The van der Waals surface area contributed by atoms with Gasteiger partial charge in [0, 0.05) is 6.42 Å². The van der Waals surface area contributed by atoms with Gasteiger partial charge in [-0.25, -0.2) is 4.98 Å². The average Bonchev–Trinajstić information content (AvgIpc) is 2.36. The number of nitrogens with one attached hydrogen (secondary N) is 1. The number of rotatable bonds is 4. The van der Waals surface area contributed by atoms with Crippen LogP contribution in [0.15, 0.2) is 24.3 Å². The van der Waals surface area contributed by atoms with Gasteiger partial charge in [-0.05, 0) is 36.3 Å². The van der Waals surface area contributed by atoms with E-state index in [1.807, 2.05) is 24.3 Å². The van der Waals surface area contributed by atoms with E-state index in [1.54, 1.807) is 7.11 Å². The number of hydrogen-bond donors (Lipinski definition) is 2. The summed E-state index contributed by atoms with van der Waals surface area (Å²) in [7, 11) is 1.65. The van der Waals surface area contributed by atoms with Crippen LogP contribution in [0.1, 0.15) is 11.4 Å². The molecule has 0 aliphatic rings. The molecule has 1 heterocycles. The Bertz CT molecular complexity index is 579. The Labute approximate surface area is 110 Å². The summed E-state index contributed by atoms with van der Waals surface area (Å²) in [6, 6.07) is 7.92. The minimum atomic E-state index is 0.274. The van der Waals surface area contributed by atoms with Gasteiger partial charge in [-0.1, -0.05) is 12.1 Å². The molecule has 2 rings (SSSR count). The molecule has 2 aromatic rings. The number of methoxy groups -OCH3 is 1. The SMILES string of the molecule is COc1ccc(CCc2nc(=S)nc(N)[nH]2)cc1. The van der Waals surface area contributed by atoms with Gasteiger partial charge in [0.05, 0.1) is 7.11 Å². The molecule has 0 bridgehead atoms. The normalized spacial score (nSPS) is 10.3. The van der Waals surface area contributed by atoms with Crippen molar-refractivity contribution in [3.05, 3.63) is 40.4 Å². The van der Waals surface area contributed by atoms with Gasteiger partial charge in [0.25, 0.3) is 0 Å². The number of anilines is 1. The van der Waals surface area contributed by atoms with Crippen LogP contribution in [0.4, 0.5) is 5.95 Å². The van der Waals surface area contributed by atoms with Crippen molar-refractivity contribution < 1.29 is 4.74 Å². The van der Waals surface area contributed by atoms with Crippen LogP contribution < -0.4 is 10.5 Å². The zero-order valence-electron chi connectivity index (χ0n) is 10.0. The number of ether oxygens (including phenoxy) is 1. The standard InChI is InChI=1S/C12H14N4OS/c1-17-9-5-2-8(3-6-9)4-7-10-14-11(13)16-12(18)15-10/h2-3,5-6H,4,7H2,1H3,(H3,13,14,15,16,18). The fourth-order valence-corrected chi connectivity index (χ4v) is 1.83. The Morgan fingerprint density at radius 3 is 2.56 bits per heavy atom. The van der Waals surface area contributed by atoms with Crippen molar-refractivity contribution in [1.29, 1.82) is 0 Å². The maximum Gasteiger partial charge on any atom is 0.224 e. The molecule has 3 N–H and O–H groups in total. The average molecular weight is 262 g/mol. The number of nitrogen functional groups attached to an aromatic ring is 1. The number of nitrogens with two attached hydrogens (primary N) is 1. The van der Waals surface area contributed by atoms with Gasteiger partial charge in [0.2, 0.25) is 10.7 Å². The quantitative estimate of drug-likeness (QED) is 0.823. The third-order valence-corrected chi connectivity index (χ3v) is 2.71. The zero-order chi connectivity index (χ0) is 13.0. The van der Waals surface area contributed by atoms with Gasteiger partial charge in [-0.15, -0.1) is 0 Å². The van der Waals surface area contributed by atoms with Crippen LogP contribution in [0.5, 0.6) is 5.75 Å². The summed E-state index contributed by atoms with van der Waals surface area (Å²) < 4.78 is 5.38. The zero-order valence-corrected chi connectivity index (χ0v) is 10.8. The largest absolute Gasteiger partial charge is 0.497 e. The Kier molecular flexibility index (Phi) is 3.88. The second-order valence-electron chi connectivity index (χ2n) is 3.81. The summed E-state index contributed by atoms with van der Waals surface area (Å²) in [5.74, 6) is 1.91. The fraction of sp³-hybridized carbons (Fsp3) is 0.250. The molecule has 1 aromatic carbocycles. The van der Waals surface area contributed by atoms with Gasteiger partial charge in [-0.2, -0.15) is 4.98 Å². The van der Waals surface area contributed by atoms with E-state index in [0.717, 1.165) is 24.4 Å². The molecule has 0 spiro atoms. The second kappa shape index (κ2) is 5.59. The first-order valence-corrected chi connectivity index (χ1v) is 5.94. The molecule has 0 atom stereocenters. The molecule has 0 unspecified atom stereocenters. The number of nitrogens with zero attached hydrogens (tertiary/aromatic N) is 2. The molecule has 0 saturated heterocycles. The molecule has 1 aromatic heterocycles. The lowest BCUT2D eigenvalue weighted by Gasteiger charge is -2.04. The number of benzene rings is 1. The van der Waals surface area contributed by atoms with Crippen LogP contribution in [0.25, 0.3) is 0 Å². The Balaban J connectivity index is 2.04. The molecule has 0 amide bonds. The van der Waals surface area contributed by atoms with Gasteiger partial charge in [-0.3, -0.25) is 0 Å². The number of H-pyrrole nitrogens is 1. The van der Waals surface area contributed by atoms with E-state index >= 15 is 0 Å². The minimum absolute atomic E-state index is 0.274. The summed E-state index contributed by atoms with van der Waals surface area (Å²) in [6.07, 6.45) is 1.59. The molecule has 0 fully saturated rings. The number of hydrogen-bond acceptors (Lipinski definition) is 5. The van der Waals surface area contributed by atoms with E-state index in [4.69, 9.17) is 22.7 Å². The van der Waals surface area contributed by atoms with Gasteiger partial charge < -0.3 is 15.5 Å². The number of aromatic amines is 1. The highest BCUT2D eigenvalue weighted by atomic mass is 32.1. The fourth-order valence-electron chi connectivity index (χ4n) is 1.62. The highest BCUT2D eigenvalue weighted by Gasteiger charge is 2.00. The van der Waals surface area contributed by atoms with Gasteiger partial charge in [0.15, 0.2) is 0 Å².